The normalized spacial score (nSPS) is 11.7. The molecule has 5 nitrogen and oxygen atoms in total. The third kappa shape index (κ3) is 4.38. The topological polar surface area (TPSA) is 52.8 Å². The smallest absolute Gasteiger partial charge is 0.434 e. The third-order valence-electron chi connectivity index (χ3n) is 3.50. The Labute approximate surface area is 164 Å². The molecule has 3 aromatic rings. The maximum Gasteiger partial charge on any atom is 0.434 e. The zero-order valence-electron chi connectivity index (χ0n) is 13.6. The van der Waals surface area contributed by atoms with Crippen LogP contribution in [0, 0.1) is 5.82 Å². The molecule has 2 aromatic heterocycles. The van der Waals surface area contributed by atoms with Gasteiger partial charge >= 0.3 is 6.18 Å². The number of benzene rings is 1. The van der Waals surface area contributed by atoms with Gasteiger partial charge in [0.05, 0.1) is 10.0 Å². The van der Waals surface area contributed by atoms with Crippen LogP contribution < -0.4 is 4.74 Å². The van der Waals surface area contributed by atoms with Crippen LogP contribution in [-0.4, -0.2) is 19.5 Å². The summed E-state index contributed by atoms with van der Waals surface area (Å²) in [6.07, 6.45) is -2.39. The molecule has 0 bridgehead atoms. The van der Waals surface area contributed by atoms with Crippen molar-refractivity contribution in [2.24, 2.45) is 7.05 Å². The van der Waals surface area contributed by atoms with Gasteiger partial charge in [-0.05, 0) is 45.2 Å². The zero-order valence-corrected chi connectivity index (χ0v) is 15.9. The quantitative estimate of drug-likeness (QED) is 0.401. The second kappa shape index (κ2) is 7.43. The van der Waals surface area contributed by atoms with Crippen molar-refractivity contribution >= 4 is 27.5 Å². The van der Waals surface area contributed by atoms with E-state index in [1.165, 1.54) is 25.4 Å². The summed E-state index contributed by atoms with van der Waals surface area (Å²) in [6, 6.07) is 4.03. The molecule has 0 unspecified atom stereocenters. The van der Waals surface area contributed by atoms with Crippen LogP contribution in [-0.2, 0) is 19.8 Å². The number of hydrogen-bond acceptors (Lipinski definition) is 4. The summed E-state index contributed by atoms with van der Waals surface area (Å²) in [7, 11) is 1.37. The van der Waals surface area contributed by atoms with Gasteiger partial charge in [-0.25, -0.2) is 14.4 Å². The molecule has 0 spiro atoms. The number of nitrogens with zero attached hydrogens (tertiary/aromatic N) is 4. The molecular formula is C16H10BrClF4N4O. The summed E-state index contributed by atoms with van der Waals surface area (Å²) in [5.41, 5.74) is -0.691. The van der Waals surface area contributed by atoms with E-state index < -0.39 is 17.7 Å². The van der Waals surface area contributed by atoms with E-state index in [1.54, 1.807) is 0 Å². The van der Waals surface area contributed by atoms with Crippen LogP contribution in [0.5, 0.6) is 5.88 Å². The van der Waals surface area contributed by atoms with Crippen molar-refractivity contribution in [1.82, 2.24) is 19.5 Å². The lowest BCUT2D eigenvalue weighted by Gasteiger charge is -2.09. The first-order valence-electron chi connectivity index (χ1n) is 7.35. The highest BCUT2D eigenvalue weighted by molar-refractivity contribution is 9.10. The largest absolute Gasteiger partial charge is 0.472 e. The number of aromatic nitrogens is 4. The fourth-order valence-electron chi connectivity index (χ4n) is 2.27. The Bertz CT molecular complexity index is 993. The number of ether oxygens (including phenoxy) is 1. The maximum absolute atomic E-state index is 14.4. The van der Waals surface area contributed by atoms with Gasteiger partial charge in [0, 0.05) is 19.4 Å². The Morgan fingerprint density at radius 2 is 2.00 bits per heavy atom. The summed E-state index contributed by atoms with van der Waals surface area (Å²) in [5.74, 6) is -0.672. The Kier molecular flexibility index (Phi) is 5.38. The predicted molar refractivity (Wildman–Crippen MR) is 92.7 cm³/mol. The Balaban J connectivity index is 1.82. The minimum absolute atomic E-state index is 0.00928. The van der Waals surface area contributed by atoms with E-state index in [0.29, 0.717) is 10.0 Å². The molecule has 0 radical (unpaired) electrons. The van der Waals surface area contributed by atoms with Crippen molar-refractivity contribution in [1.29, 1.82) is 0 Å². The van der Waals surface area contributed by atoms with Gasteiger partial charge in [0.2, 0.25) is 11.2 Å². The molecule has 3 rings (SSSR count). The van der Waals surface area contributed by atoms with Crippen LogP contribution in [0.1, 0.15) is 11.3 Å². The van der Waals surface area contributed by atoms with E-state index in [2.05, 4.69) is 30.9 Å². The van der Waals surface area contributed by atoms with E-state index >= 15 is 0 Å². The van der Waals surface area contributed by atoms with Gasteiger partial charge in [0.25, 0.3) is 0 Å². The predicted octanol–water partition coefficient (Wildman–Crippen LogP) is 5.03. The summed E-state index contributed by atoms with van der Waals surface area (Å²) in [4.78, 5) is 11.1. The third-order valence-corrected chi connectivity index (χ3v) is 4.23. The van der Waals surface area contributed by atoms with Gasteiger partial charge < -0.3 is 9.30 Å². The van der Waals surface area contributed by atoms with Crippen LogP contribution in [0.3, 0.4) is 0 Å². The minimum Gasteiger partial charge on any atom is -0.472 e. The summed E-state index contributed by atoms with van der Waals surface area (Å²) >= 11 is 8.89. The van der Waals surface area contributed by atoms with E-state index in [4.69, 9.17) is 16.3 Å². The molecule has 0 atom stereocenters. The highest BCUT2D eigenvalue weighted by Crippen LogP contribution is 2.31. The molecule has 0 saturated heterocycles. The molecule has 0 aliphatic rings. The van der Waals surface area contributed by atoms with Gasteiger partial charge in [0.15, 0.2) is 5.69 Å². The van der Waals surface area contributed by atoms with E-state index in [0.717, 1.165) is 16.8 Å². The number of aryl methyl sites for hydroxylation is 1. The lowest BCUT2D eigenvalue weighted by molar-refractivity contribution is -0.140. The van der Waals surface area contributed by atoms with Crippen molar-refractivity contribution in [3.63, 3.8) is 0 Å². The molecular weight excluding hydrogens is 456 g/mol. The Morgan fingerprint density at radius 1 is 1.26 bits per heavy atom. The molecule has 142 valence electrons. The van der Waals surface area contributed by atoms with Crippen LogP contribution in [0.25, 0.3) is 11.4 Å². The molecule has 11 heteroatoms. The average molecular weight is 466 g/mol. The molecule has 0 amide bonds. The second-order valence-electron chi connectivity index (χ2n) is 5.45. The molecule has 0 fully saturated rings. The fourth-order valence-corrected chi connectivity index (χ4v) is 2.70. The molecule has 0 N–H and O–H groups in total. The highest BCUT2D eigenvalue weighted by atomic mass is 79.9. The number of imidazole rings is 1. The lowest BCUT2D eigenvalue weighted by atomic mass is 10.1. The van der Waals surface area contributed by atoms with Crippen LogP contribution >= 0.6 is 27.5 Å². The monoisotopic (exact) mass is 464 g/mol. The van der Waals surface area contributed by atoms with Crippen molar-refractivity contribution in [3.8, 4) is 17.3 Å². The highest BCUT2D eigenvalue weighted by Gasteiger charge is 2.34. The number of halogens is 6. The summed E-state index contributed by atoms with van der Waals surface area (Å²) in [5, 5.41) is -0.00928. The standard InChI is InChI=1S/C16H10BrClF4N4O/c1-26-6-12(16(20,21)22)24-13(26)9-3-2-8(4-11(9)19)7-27-14-10(17)5-23-15(18)25-14/h2-6H,7H2,1H3. The van der Waals surface area contributed by atoms with Crippen molar-refractivity contribution in [3.05, 3.63) is 57.4 Å². The molecule has 2 heterocycles. The van der Waals surface area contributed by atoms with Gasteiger partial charge in [0.1, 0.15) is 18.2 Å². The van der Waals surface area contributed by atoms with Gasteiger partial charge in [-0.15, -0.1) is 0 Å². The lowest BCUT2D eigenvalue weighted by Crippen LogP contribution is -2.05. The van der Waals surface area contributed by atoms with Gasteiger partial charge in [-0.2, -0.15) is 18.2 Å². The van der Waals surface area contributed by atoms with Gasteiger partial charge in [-0.3, -0.25) is 0 Å². The maximum atomic E-state index is 14.4. The average Bonchev–Trinajstić information content (AvgIpc) is 2.98. The number of rotatable bonds is 4. The molecule has 27 heavy (non-hydrogen) atoms. The zero-order chi connectivity index (χ0) is 19.8. The fraction of sp³-hybridized carbons (Fsp3) is 0.188. The Morgan fingerprint density at radius 3 is 2.63 bits per heavy atom. The van der Waals surface area contributed by atoms with Crippen molar-refractivity contribution in [2.45, 2.75) is 12.8 Å². The van der Waals surface area contributed by atoms with E-state index in [1.807, 2.05) is 0 Å². The van der Waals surface area contributed by atoms with Crippen molar-refractivity contribution < 1.29 is 22.3 Å². The first kappa shape index (κ1) is 19.6. The van der Waals surface area contributed by atoms with E-state index in [-0.39, 0.29) is 29.2 Å². The first-order valence-corrected chi connectivity index (χ1v) is 8.52. The molecule has 1 aromatic carbocycles. The molecule has 0 aliphatic carbocycles. The molecule has 0 aliphatic heterocycles. The number of hydrogen-bond donors (Lipinski definition) is 0. The first-order chi connectivity index (χ1) is 12.6. The molecule has 0 saturated carbocycles. The number of alkyl halides is 3. The Hall–Kier alpha value is -2.20. The van der Waals surface area contributed by atoms with Crippen molar-refractivity contribution in [2.75, 3.05) is 0 Å². The summed E-state index contributed by atoms with van der Waals surface area (Å²) < 4.78 is 59.8. The second-order valence-corrected chi connectivity index (χ2v) is 6.65. The van der Waals surface area contributed by atoms with Crippen LogP contribution in [0.2, 0.25) is 5.28 Å². The summed E-state index contributed by atoms with van der Waals surface area (Å²) in [6.45, 7) is -0.0302. The van der Waals surface area contributed by atoms with Gasteiger partial charge in [-0.1, -0.05) is 6.07 Å². The van der Waals surface area contributed by atoms with Crippen LogP contribution in [0.4, 0.5) is 17.6 Å². The SMILES string of the molecule is Cn1cc(C(F)(F)F)nc1-c1ccc(COc2nc(Cl)ncc2Br)cc1F. The van der Waals surface area contributed by atoms with Crippen LogP contribution in [0.15, 0.2) is 35.1 Å². The minimum atomic E-state index is -4.60. The van der Waals surface area contributed by atoms with E-state index in [9.17, 15) is 17.6 Å².